The molecular formula is C11H18F3N3O. The van der Waals surface area contributed by atoms with Crippen molar-refractivity contribution in [2.45, 2.75) is 25.6 Å². The lowest BCUT2D eigenvalue weighted by molar-refractivity contribution is -0.175. The molecule has 0 amide bonds. The van der Waals surface area contributed by atoms with E-state index >= 15 is 0 Å². The van der Waals surface area contributed by atoms with Crippen molar-refractivity contribution in [2.75, 3.05) is 19.8 Å². The molecule has 0 aliphatic carbocycles. The van der Waals surface area contributed by atoms with Crippen LogP contribution in [0.5, 0.6) is 0 Å². The van der Waals surface area contributed by atoms with Crippen LogP contribution >= 0.6 is 0 Å². The predicted molar refractivity (Wildman–Crippen MR) is 61.1 cm³/mol. The molecule has 1 N–H and O–H groups in total. The number of alkyl halides is 3. The van der Waals surface area contributed by atoms with Crippen LogP contribution < -0.4 is 5.32 Å². The van der Waals surface area contributed by atoms with Crippen LogP contribution in [0.2, 0.25) is 0 Å². The van der Waals surface area contributed by atoms with Crippen LogP contribution in [0.15, 0.2) is 12.4 Å². The third kappa shape index (κ3) is 5.50. The first-order valence-electron chi connectivity index (χ1n) is 5.79. The number of nitrogens with zero attached hydrogens (tertiary/aromatic N) is 2. The van der Waals surface area contributed by atoms with Crippen LogP contribution in [-0.4, -0.2) is 35.7 Å². The molecule has 0 radical (unpaired) electrons. The van der Waals surface area contributed by atoms with Crippen molar-refractivity contribution in [1.82, 2.24) is 15.1 Å². The monoisotopic (exact) mass is 265 g/mol. The number of nitrogens with one attached hydrogen (secondary N) is 1. The van der Waals surface area contributed by atoms with Crippen molar-refractivity contribution in [3.05, 3.63) is 18.0 Å². The summed E-state index contributed by atoms with van der Waals surface area (Å²) < 4.78 is 42.3. The van der Waals surface area contributed by atoms with Crippen LogP contribution in [0.4, 0.5) is 13.2 Å². The van der Waals surface area contributed by atoms with Gasteiger partial charge >= 0.3 is 6.18 Å². The molecule has 7 heteroatoms. The minimum Gasteiger partial charge on any atom is -0.370 e. The number of aromatic nitrogens is 2. The topological polar surface area (TPSA) is 39.1 Å². The zero-order valence-corrected chi connectivity index (χ0v) is 10.5. The molecule has 0 saturated carbocycles. The maximum absolute atomic E-state index is 12.0. The fourth-order valence-electron chi connectivity index (χ4n) is 1.50. The Balaban J connectivity index is 2.51. The summed E-state index contributed by atoms with van der Waals surface area (Å²) in [4.78, 5) is 0. The Labute approximate surface area is 104 Å². The highest BCUT2D eigenvalue weighted by Gasteiger charge is 2.28. The van der Waals surface area contributed by atoms with Crippen LogP contribution in [0.1, 0.15) is 24.9 Å². The van der Waals surface area contributed by atoms with E-state index < -0.39 is 12.8 Å². The van der Waals surface area contributed by atoms with Gasteiger partial charge in [-0.25, -0.2) is 0 Å². The fourth-order valence-corrected chi connectivity index (χ4v) is 1.50. The second kappa shape index (κ2) is 6.75. The van der Waals surface area contributed by atoms with E-state index in [9.17, 15) is 13.2 Å². The first-order chi connectivity index (χ1) is 8.42. The van der Waals surface area contributed by atoms with Gasteiger partial charge in [0.15, 0.2) is 0 Å². The van der Waals surface area contributed by atoms with Crippen LogP contribution in [-0.2, 0) is 11.8 Å². The van der Waals surface area contributed by atoms with Crippen molar-refractivity contribution in [2.24, 2.45) is 7.05 Å². The summed E-state index contributed by atoms with van der Waals surface area (Å²) in [6.45, 7) is 1.46. The molecule has 0 saturated heterocycles. The molecule has 0 spiro atoms. The molecule has 0 aromatic carbocycles. The van der Waals surface area contributed by atoms with E-state index in [0.29, 0.717) is 0 Å². The quantitative estimate of drug-likeness (QED) is 0.820. The highest BCUT2D eigenvalue weighted by molar-refractivity contribution is 5.10. The third-order valence-electron chi connectivity index (χ3n) is 2.32. The van der Waals surface area contributed by atoms with Crippen LogP contribution in [0.3, 0.4) is 0 Å². The molecule has 4 nitrogen and oxygen atoms in total. The molecule has 0 aliphatic rings. The molecule has 1 aromatic rings. The standard InChI is InChI=1S/C11H18F3N3O/c1-3-4-15-10(7-18-8-11(12,13)14)9-5-16-17(2)6-9/h5-6,10,15H,3-4,7-8H2,1-2H3. The fraction of sp³-hybridized carbons (Fsp3) is 0.727. The Morgan fingerprint density at radius 1 is 1.50 bits per heavy atom. The number of hydrogen-bond acceptors (Lipinski definition) is 3. The number of ether oxygens (including phenoxy) is 1. The van der Waals surface area contributed by atoms with Gasteiger partial charge in [-0.1, -0.05) is 6.92 Å². The van der Waals surface area contributed by atoms with E-state index in [0.717, 1.165) is 18.5 Å². The van der Waals surface area contributed by atoms with Gasteiger partial charge in [-0.15, -0.1) is 0 Å². The first-order valence-corrected chi connectivity index (χ1v) is 5.79. The SMILES string of the molecule is CCCNC(COCC(F)(F)F)c1cnn(C)c1. The molecule has 1 atom stereocenters. The van der Waals surface area contributed by atoms with Gasteiger partial charge in [-0.3, -0.25) is 4.68 Å². The minimum absolute atomic E-state index is 0.0226. The zero-order chi connectivity index (χ0) is 13.6. The zero-order valence-electron chi connectivity index (χ0n) is 10.5. The number of hydrogen-bond donors (Lipinski definition) is 1. The average Bonchev–Trinajstić information content (AvgIpc) is 2.68. The molecular weight excluding hydrogens is 247 g/mol. The first kappa shape index (κ1) is 15.0. The second-order valence-electron chi connectivity index (χ2n) is 4.08. The van der Waals surface area contributed by atoms with E-state index in [2.05, 4.69) is 10.4 Å². The Hall–Kier alpha value is -1.08. The van der Waals surface area contributed by atoms with Crippen molar-refractivity contribution in [3.63, 3.8) is 0 Å². The van der Waals surface area contributed by atoms with Crippen molar-refractivity contribution in [1.29, 1.82) is 0 Å². The van der Waals surface area contributed by atoms with E-state index in [1.165, 1.54) is 0 Å². The second-order valence-corrected chi connectivity index (χ2v) is 4.08. The molecule has 1 unspecified atom stereocenters. The van der Waals surface area contributed by atoms with Gasteiger partial charge in [0.1, 0.15) is 6.61 Å². The molecule has 0 fully saturated rings. The number of rotatable bonds is 7. The van der Waals surface area contributed by atoms with Gasteiger partial charge in [0.2, 0.25) is 0 Å². The van der Waals surface area contributed by atoms with E-state index in [1.54, 1.807) is 24.1 Å². The average molecular weight is 265 g/mol. The largest absolute Gasteiger partial charge is 0.411 e. The van der Waals surface area contributed by atoms with Crippen molar-refractivity contribution in [3.8, 4) is 0 Å². The summed E-state index contributed by atoms with van der Waals surface area (Å²) in [5.41, 5.74) is 0.827. The molecule has 104 valence electrons. The summed E-state index contributed by atoms with van der Waals surface area (Å²) in [7, 11) is 1.76. The smallest absolute Gasteiger partial charge is 0.370 e. The van der Waals surface area contributed by atoms with Crippen LogP contribution in [0, 0.1) is 0 Å². The molecule has 0 aliphatic heterocycles. The number of aryl methyl sites for hydroxylation is 1. The van der Waals surface area contributed by atoms with Crippen molar-refractivity contribution >= 4 is 0 Å². The third-order valence-corrected chi connectivity index (χ3v) is 2.32. The predicted octanol–water partition coefficient (Wildman–Crippen LogP) is 2.04. The Bertz CT molecular complexity index is 352. The van der Waals surface area contributed by atoms with E-state index in [4.69, 9.17) is 4.74 Å². The molecule has 18 heavy (non-hydrogen) atoms. The normalized spacial score (nSPS) is 13.8. The lowest BCUT2D eigenvalue weighted by atomic mass is 10.1. The maximum Gasteiger partial charge on any atom is 0.411 e. The van der Waals surface area contributed by atoms with E-state index in [1.807, 2.05) is 6.92 Å². The molecule has 1 rings (SSSR count). The molecule has 0 bridgehead atoms. The van der Waals surface area contributed by atoms with E-state index in [-0.39, 0.29) is 12.6 Å². The summed E-state index contributed by atoms with van der Waals surface area (Å²) in [6, 6.07) is -0.263. The molecule has 1 aromatic heterocycles. The Morgan fingerprint density at radius 3 is 2.72 bits per heavy atom. The maximum atomic E-state index is 12.0. The van der Waals surface area contributed by atoms with Crippen molar-refractivity contribution < 1.29 is 17.9 Å². The van der Waals surface area contributed by atoms with Gasteiger partial charge in [-0.05, 0) is 13.0 Å². The van der Waals surface area contributed by atoms with Gasteiger partial charge in [0.25, 0.3) is 0 Å². The Morgan fingerprint density at radius 2 is 2.22 bits per heavy atom. The lowest BCUT2D eigenvalue weighted by Gasteiger charge is -2.17. The highest BCUT2D eigenvalue weighted by Crippen LogP contribution is 2.17. The molecule has 1 heterocycles. The summed E-state index contributed by atoms with van der Waals surface area (Å²) >= 11 is 0. The van der Waals surface area contributed by atoms with Crippen LogP contribution in [0.25, 0.3) is 0 Å². The minimum atomic E-state index is -4.29. The summed E-state index contributed by atoms with van der Waals surface area (Å²) in [5, 5.41) is 7.14. The van der Waals surface area contributed by atoms with Gasteiger partial charge in [0, 0.05) is 18.8 Å². The Kier molecular flexibility index (Phi) is 5.61. The number of halogens is 3. The summed E-state index contributed by atoms with van der Waals surface area (Å²) in [5.74, 6) is 0. The lowest BCUT2D eigenvalue weighted by Crippen LogP contribution is -2.28. The van der Waals surface area contributed by atoms with Gasteiger partial charge in [-0.2, -0.15) is 18.3 Å². The summed E-state index contributed by atoms with van der Waals surface area (Å²) in [6.07, 6.45) is 0.00876. The van der Waals surface area contributed by atoms with Gasteiger partial charge in [0.05, 0.1) is 18.8 Å². The highest BCUT2D eigenvalue weighted by atomic mass is 19.4. The van der Waals surface area contributed by atoms with Gasteiger partial charge < -0.3 is 10.1 Å².